The highest BCUT2D eigenvalue weighted by molar-refractivity contribution is 5.98. The molecule has 8 heteroatoms. The van der Waals surface area contributed by atoms with Crippen molar-refractivity contribution in [3.8, 4) is 17.2 Å². The Kier molecular flexibility index (Phi) is 8.87. The minimum absolute atomic E-state index is 0.145. The summed E-state index contributed by atoms with van der Waals surface area (Å²) in [7, 11) is 3.11. The van der Waals surface area contributed by atoms with Crippen molar-refractivity contribution in [2.75, 3.05) is 20.8 Å². The van der Waals surface area contributed by atoms with Crippen molar-refractivity contribution in [3.05, 3.63) is 53.6 Å². The average Bonchev–Trinajstić information content (AvgIpc) is 2.78. The van der Waals surface area contributed by atoms with Gasteiger partial charge in [-0.2, -0.15) is 5.10 Å². The Hall–Kier alpha value is -3.55. The number of hydrogen-bond donors (Lipinski definition) is 2. The fourth-order valence-electron chi connectivity index (χ4n) is 2.83. The van der Waals surface area contributed by atoms with Gasteiger partial charge >= 0.3 is 0 Å². The van der Waals surface area contributed by atoms with Gasteiger partial charge in [0.05, 0.1) is 27.0 Å². The van der Waals surface area contributed by atoms with Crippen molar-refractivity contribution in [2.45, 2.75) is 26.8 Å². The van der Waals surface area contributed by atoms with Gasteiger partial charge in [-0.15, -0.1) is 0 Å². The largest absolute Gasteiger partial charge is 0.497 e. The van der Waals surface area contributed by atoms with E-state index in [9.17, 15) is 9.59 Å². The zero-order valence-electron chi connectivity index (χ0n) is 18.5. The number of nitrogens with one attached hydrogen (secondary N) is 2. The van der Waals surface area contributed by atoms with Crippen LogP contribution in [0.5, 0.6) is 17.2 Å². The van der Waals surface area contributed by atoms with E-state index in [0.29, 0.717) is 35.0 Å². The summed E-state index contributed by atoms with van der Waals surface area (Å²) >= 11 is 0. The first-order valence-electron chi connectivity index (χ1n) is 9.98. The highest BCUT2D eigenvalue weighted by atomic mass is 16.5. The van der Waals surface area contributed by atoms with E-state index in [2.05, 4.69) is 15.8 Å². The van der Waals surface area contributed by atoms with Crippen LogP contribution in [-0.2, 0) is 4.79 Å². The summed E-state index contributed by atoms with van der Waals surface area (Å²) in [6, 6.07) is 11.3. The maximum Gasteiger partial charge on any atom is 0.262 e. The first-order valence-corrected chi connectivity index (χ1v) is 9.98. The molecule has 8 nitrogen and oxygen atoms in total. The van der Waals surface area contributed by atoms with E-state index >= 15 is 0 Å². The first kappa shape index (κ1) is 23.7. The van der Waals surface area contributed by atoms with Crippen molar-refractivity contribution in [2.24, 2.45) is 11.0 Å². The normalized spacial score (nSPS) is 11.8. The molecule has 0 radical (unpaired) electrons. The van der Waals surface area contributed by atoms with Gasteiger partial charge in [-0.3, -0.25) is 9.59 Å². The van der Waals surface area contributed by atoms with Gasteiger partial charge in [0.15, 0.2) is 11.5 Å². The molecule has 0 bridgehead atoms. The lowest BCUT2D eigenvalue weighted by Gasteiger charge is -2.20. The fraction of sp³-hybridized carbons (Fsp3) is 0.348. The van der Waals surface area contributed by atoms with Gasteiger partial charge in [0.2, 0.25) is 0 Å². The monoisotopic (exact) mass is 427 g/mol. The van der Waals surface area contributed by atoms with E-state index in [1.807, 2.05) is 20.8 Å². The molecule has 0 aliphatic carbocycles. The summed E-state index contributed by atoms with van der Waals surface area (Å²) in [6.45, 7) is 6.02. The van der Waals surface area contributed by atoms with Gasteiger partial charge in [-0.25, -0.2) is 5.43 Å². The number of benzene rings is 2. The van der Waals surface area contributed by atoms with Crippen LogP contribution >= 0.6 is 0 Å². The number of hydrogen-bond acceptors (Lipinski definition) is 6. The Balaban J connectivity index is 2.08. The van der Waals surface area contributed by atoms with Crippen LogP contribution in [0.2, 0.25) is 0 Å². The number of nitrogens with zero attached hydrogens (tertiary/aromatic N) is 1. The number of carbonyl (C=O) groups is 2. The molecule has 0 spiro atoms. The Morgan fingerprint density at radius 3 is 2.35 bits per heavy atom. The molecule has 0 aromatic heterocycles. The van der Waals surface area contributed by atoms with E-state index in [4.69, 9.17) is 14.2 Å². The van der Waals surface area contributed by atoms with Gasteiger partial charge in [0, 0.05) is 11.1 Å². The molecule has 0 heterocycles. The van der Waals surface area contributed by atoms with E-state index in [0.717, 1.165) is 0 Å². The number of para-hydroxylation sites is 1. The van der Waals surface area contributed by atoms with E-state index < -0.39 is 11.9 Å². The first-order chi connectivity index (χ1) is 14.9. The fourth-order valence-corrected chi connectivity index (χ4v) is 2.83. The summed E-state index contributed by atoms with van der Waals surface area (Å²) in [6.07, 6.45) is 1.48. The summed E-state index contributed by atoms with van der Waals surface area (Å²) in [5, 5.41) is 6.80. The lowest BCUT2D eigenvalue weighted by atomic mass is 10.0. The van der Waals surface area contributed by atoms with Crippen LogP contribution in [0.4, 0.5) is 0 Å². The van der Waals surface area contributed by atoms with Crippen molar-refractivity contribution in [1.29, 1.82) is 0 Å². The van der Waals surface area contributed by atoms with E-state index in [-0.39, 0.29) is 11.8 Å². The van der Waals surface area contributed by atoms with Crippen LogP contribution in [0.3, 0.4) is 0 Å². The highest BCUT2D eigenvalue weighted by Gasteiger charge is 2.24. The number of ether oxygens (including phenoxy) is 3. The third-order valence-electron chi connectivity index (χ3n) is 4.48. The third-order valence-corrected chi connectivity index (χ3v) is 4.48. The van der Waals surface area contributed by atoms with Gasteiger partial charge in [0.25, 0.3) is 11.8 Å². The standard InChI is InChI=1S/C23H29N3O5/c1-6-31-21-17(8-7-9-19(21)30-5)14-24-26-23(28)20(15(2)3)25-22(27)16-10-12-18(29-4)13-11-16/h7-15,20H,6H2,1-5H3,(H,25,27)(H,26,28). The van der Waals surface area contributed by atoms with Crippen LogP contribution in [0, 0.1) is 5.92 Å². The maximum absolute atomic E-state index is 12.7. The molecule has 0 aliphatic heterocycles. The van der Waals surface area contributed by atoms with Crippen LogP contribution in [0.25, 0.3) is 0 Å². The van der Waals surface area contributed by atoms with Crippen molar-refractivity contribution in [3.63, 3.8) is 0 Å². The van der Waals surface area contributed by atoms with E-state index in [1.54, 1.807) is 56.7 Å². The lowest BCUT2D eigenvalue weighted by molar-refractivity contribution is -0.123. The third kappa shape index (κ3) is 6.47. The molecule has 0 saturated carbocycles. The molecule has 0 fully saturated rings. The Bertz CT molecular complexity index is 910. The predicted octanol–water partition coefficient (Wildman–Crippen LogP) is 3.01. The topological polar surface area (TPSA) is 98.2 Å². The Labute approximate surface area is 182 Å². The number of hydrazone groups is 1. The molecular formula is C23H29N3O5. The summed E-state index contributed by atoms with van der Waals surface area (Å²) in [4.78, 5) is 25.2. The highest BCUT2D eigenvalue weighted by Crippen LogP contribution is 2.29. The Morgan fingerprint density at radius 2 is 1.77 bits per heavy atom. The van der Waals surface area contributed by atoms with Crippen molar-refractivity contribution in [1.82, 2.24) is 10.7 Å². The SMILES string of the molecule is CCOc1c(C=NNC(=O)C(NC(=O)c2ccc(OC)cc2)C(C)C)cccc1OC. The molecule has 2 aromatic rings. The van der Waals surface area contributed by atoms with Gasteiger partial charge in [-0.1, -0.05) is 19.9 Å². The molecule has 1 unspecified atom stereocenters. The minimum atomic E-state index is -0.761. The lowest BCUT2D eigenvalue weighted by Crippen LogP contribution is -2.48. The van der Waals surface area contributed by atoms with Crippen LogP contribution < -0.4 is 25.0 Å². The molecule has 2 rings (SSSR count). The Morgan fingerprint density at radius 1 is 1.06 bits per heavy atom. The summed E-state index contributed by atoms with van der Waals surface area (Å²) < 4.78 is 16.0. The van der Waals surface area contributed by atoms with Crippen LogP contribution in [0.1, 0.15) is 36.7 Å². The number of amides is 2. The molecule has 2 amide bonds. The quantitative estimate of drug-likeness (QED) is 0.449. The molecule has 2 N–H and O–H groups in total. The molecule has 0 aliphatic rings. The number of rotatable bonds is 10. The zero-order chi connectivity index (χ0) is 22.8. The average molecular weight is 428 g/mol. The minimum Gasteiger partial charge on any atom is -0.497 e. The second-order valence-electron chi connectivity index (χ2n) is 6.97. The maximum atomic E-state index is 12.7. The second kappa shape index (κ2) is 11.6. The number of methoxy groups -OCH3 is 2. The van der Waals surface area contributed by atoms with Crippen molar-refractivity contribution < 1.29 is 23.8 Å². The molecule has 0 saturated heterocycles. The van der Waals surface area contributed by atoms with Gasteiger partial charge < -0.3 is 19.5 Å². The van der Waals surface area contributed by atoms with Crippen molar-refractivity contribution >= 4 is 18.0 Å². The molecule has 1 atom stereocenters. The van der Waals surface area contributed by atoms with Crippen LogP contribution in [-0.4, -0.2) is 44.9 Å². The number of carbonyl (C=O) groups excluding carboxylic acids is 2. The smallest absolute Gasteiger partial charge is 0.262 e. The molecule has 31 heavy (non-hydrogen) atoms. The second-order valence-corrected chi connectivity index (χ2v) is 6.97. The van der Waals surface area contributed by atoms with Gasteiger partial charge in [0.1, 0.15) is 11.8 Å². The van der Waals surface area contributed by atoms with Crippen LogP contribution in [0.15, 0.2) is 47.6 Å². The molecule has 166 valence electrons. The van der Waals surface area contributed by atoms with Gasteiger partial charge in [-0.05, 0) is 49.2 Å². The van der Waals surface area contributed by atoms with E-state index in [1.165, 1.54) is 6.21 Å². The summed E-state index contributed by atoms with van der Waals surface area (Å²) in [5.74, 6) is 0.838. The molecule has 2 aromatic carbocycles. The molecular weight excluding hydrogens is 398 g/mol. The predicted molar refractivity (Wildman–Crippen MR) is 119 cm³/mol. The summed E-state index contributed by atoms with van der Waals surface area (Å²) in [5.41, 5.74) is 3.58. The zero-order valence-corrected chi connectivity index (χ0v) is 18.5.